The van der Waals surface area contributed by atoms with Crippen LogP contribution in [0, 0.1) is 0 Å². The first-order valence-electron chi connectivity index (χ1n) is 5.93. The van der Waals surface area contributed by atoms with Crippen LogP contribution in [-0.4, -0.2) is 50.1 Å². The molecule has 0 aromatic heterocycles. The smallest absolute Gasteiger partial charge is 0.369 e. The third-order valence-electron chi connectivity index (χ3n) is 3.17. The standard InChI is InChI=1S/C11H4F12I2O2/c12-8(13,14)6(26,9(15,16)17)3-2-25-5(1-4(3)24)7(27,10(18,19)20)11(21,22)23/h1-2,26-27H. The van der Waals surface area contributed by atoms with Gasteiger partial charge in [-0.3, -0.25) is 0 Å². The molecule has 2 nitrogen and oxygen atoms in total. The molecule has 1 aliphatic rings. The topological polar surface area (TPSA) is 40.5 Å². The second-order valence-electron chi connectivity index (χ2n) is 4.88. The summed E-state index contributed by atoms with van der Waals surface area (Å²) >= 11 is -2.36. The Morgan fingerprint density at radius 1 is 0.667 bits per heavy atom. The van der Waals surface area contributed by atoms with E-state index in [0.29, 0.717) is 22.6 Å². The maximum Gasteiger partial charge on any atom is 0.431 e. The molecule has 2 N–H and O–H groups in total. The number of hydrogen-bond acceptors (Lipinski definition) is 2. The normalized spacial score (nSPS) is 18.4. The Morgan fingerprint density at radius 3 is 1.26 bits per heavy atom. The van der Waals surface area contributed by atoms with Crippen LogP contribution < -0.4 is 0 Å². The zero-order valence-corrected chi connectivity index (χ0v) is 16.2. The fourth-order valence-corrected chi connectivity index (χ4v) is 6.75. The molecule has 0 fully saturated rings. The van der Waals surface area contributed by atoms with Gasteiger partial charge < -0.3 is 10.2 Å². The van der Waals surface area contributed by atoms with Crippen molar-refractivity contribution in [2.75, 3.05) is 0 Å². The third-order valence-corrected chi connectivity index (χ3v) is 6.76. The van der Waals surface area contributed by atoms with Crippen molar-refractivity contribution < 1.29 is 62.9 Å². The molecule has 27 heavy (non-hydrogen) atoms. The first-order valence-corrected chi connectivity index (χ1v) is 9.33. The van der Waals surface area contributed by atoms with Crippen molar-refractivity contribution in [3.05, 3.63) is 18.8 Å². The minimum absolute atomic E-state index is 0.181. The van der Waals surface area contributed by atoms with Crippen molar-refractivity contribution in [2.45, 2.75) is 35.9 Å². The summed E-state index contributed by atoms with van der Waals surface area (Å²) in [5.41, 5.74) is -12.9. The number of alkyl halides is 12. The molecule has 0 spiro atoms. The van der Waals surface area contributed by atoms with Gasteiger partial charge in [-0.1, -0.05) is 20.7 Å². The van der Waals surface area contributed by atoms with Crippen LogP contribution in [0.2, 0.25) is 0 Å². The fraction of sp³-hybridized carbons (Fsp3) is 0.545. The summed E-state index contributed by atoms with van der Waals surface area (Å²) in [6.45, 7) is 0. The third kappa shape index (κ3) is 3.99. The van der Waals surface area contributed by atoms with E-state index in [0.717, 1.165) is 0 Å². The van der Waals surface area contributed by atoms with Crippen molar-refractivity contribution in [1.82, 2.24) is 0 Å². The Bertz CT molecular complexity index is 664. The molecule has 16 heteroatoms. The van der Waals surface area contributed by atoms with Gasteiger partial charge in [-0.05, 0) is 32.7 Å². The van der Waals surface area contributed by atoms with E-state index in [9.17, 15) is 62.9 Å². The molecule has 0 aromatic carbocycles. The molecule has 0 saturated carbocycles. The summed E-state index contributed by atoms with van der Waals surface area (Å²) < 4.78 is 150. The predicted molar refractivity (Wildman–Crippen MR) is 83.3 cm³/mol. The highest BCUT2D eigenvalue weighted by atomic mass is 127. The van der Waals surface area contributed by atoms with Crippen LogP contribution in [-0.2, 0) is 0 Å². The minimum atomic E-state index is -6.37. The highest BCUT2D eigenvalue weighted by molar-refractivity contribution is 14.2. The van der Waals surface area contributed by atoms with Crippen molar-refractivity contribution >= 4 is 47.3 Å². The lowest BCUT2D eigenvalue weighted by Crippen LogP contribution is -2.59. The zero-order chi connectivity index (χ0) is 21.9. The van der Waals surface area contributed by atoms with E-state index in [2.05, 4.69) is 0 Å². The summed E-state index contributed by atoms with van der Waals surface area (Å²) in [4.78, 5) is 0. The van der Waals surface area contributed by atoms with Gasteiger partial charge in [-0.25, -0.2) is 0 Å². The van der Waals surface area contributed by atoms with E-state index >= 15 is 0 Å². The van der Waals surface area contributed by atoms with Crippen LogP contribution in [0.3, 0.4) is 0 Å². The molecule has 158 valence electrons. The Morgan fingerprint density at radius 2 is 1.00 bits per heavy atom. The van der Waals surface area contributed by atoms with Gasteiger partial charge in [0.1, 0.15) is 0 Å². The molecule has 1 aliphatic heterocycles. The molecule has 0 unspecified atom stereocenters. The van der Waals surface area contributed by atoms with Crippen molar-refractivity contribution in [1.29, 1.82) is 0 Å². The molecule has 0 aromatic rings. The van der Waals surface area contributed by atoms with Gasteiger partial charge in [-0.15, -0.1) is 0 Å². The van der Waals surface area contributed by atoms with E-state index < -0.39 is 69.4 Å². The van der Waals surface area contributed by atoms with Gasteiger partial charge >= 0.3 is 24.7 Å². The van der Waals surface area contributed by atoms with Crippen LogP contribution in [0.1, 0.15) is 0 Å². The van der Waals surface area contributed by atoms with Gasteiger partial charge in [0, 0.05) is 12.7 Å². The van der Waals surface area contributed by atoms with E-state index in [1.807, 2.05) is 0 Å². The predicted octanol–water partition coefficient (Wildman–Crippen LogP) is 5.06. The molecule has 1 rings (SSSR count). The van der Waals surface area contributed by atoms with Crippen LogP contribution in [0.4, 0.5) is 52.7 Å². The van der Waals surface area contributed by atoms with Gasteiger partial charge in [0.25, 0.3) is 11.2 Å². The molecule has 0 atom stereocenters. The second-order valence-corrected chi connectivity index (χ2v) is 8.45. The minimum Gasteiger partial charge on any atom is -0.369 e. The molecule has 0 saturated heterocycles. The van der Waals surface area contributed by atoms with Gasteiger partial charge in [0.05, 0.1) is 0 Å². The number of allylic oxidation sites excluding steroid dienone is 2. The monoisotopic (exact) mass is 650 g/mol. The molecule has 0 amide bonds. The molecular weight excluding hydrogens is 646 g/mol. The molecule has 0 aliphatic carbocycles. The van der Waals surface area contributed by atoms with Gasteiger partial charge in [-0.2, -0.15) is 52.7 Å². The summed E-state index contributed by atoms with van der Waals surface area (Å²) in [6.07, 6.45) is -25.7. The molecular formula is C11H4F12I2O2. The first-order chi connectivity index (χ1) is 11.6. The van der Waals surface area contributed by atoms with Crippen LogP contribution >= 0.6 is 43.3 Å². The Labute approximate surface area is 164 Å². The van der Waals surface area contributed by atoms with Crippen molar-refractivity contribution in [2.24, 2.45) is 0 Å². The number of hydrogen-bond donors (Lipinski definition) is 2. The fourth-order valence-electron chi connectivity index (χ4n) is 1.72. The van der Waals surface area contributed by atoms with E-state index in [4.69, 9.17) is 0 Å². The zero-order valence-electron chi connectivity index (χ0n) is 11.8. The Hall–Kier alpha value is -0.110. The second kappa shape index (κ2) is 6.99. The lowest BCUT2D eigenvalue weighted by atomic mass is 9.92. The number of halogens is 14. The van der Waals surface area contributed by atoms with Gasteiger partial charge in [0.15, 0.2) is 0 Å². The summed E-state index contributed by atoms with van der Waals surface area (Å²) in [7, 11) is 0. The lowest BCUT2D eigenvalue weighted by molar-refractivity contribution is -0.350. The Kier molecular flexibility index (Phi) is 6.46. The quantitative estimate of drug-likeness (QED) is 0.325. The summed E-state index contributed by atoms with van der Waals surface area (Å²) in [5, 5.41) is 18.4. The molecule has 0 radical (unpaired) electrons. The SMILES string of the molecule is OC(C1=CC(I)=C(C(O)(C(F)(F)F)C(F)(F)F)C=I1)(C(F)(F)F)C(F)(F)F. The first kappa shape index (κ1) is 24.9. The largest absolute Gasteiger partial charge is 0.431 e. The van der Waals surface area contributed by atoms with Crippen molar-refractivity contribution in [3.8, 4) is 0 Å². The average molecular weight is 650 g/mol. The maximum absolute atomic E-state index is 12.8. The summed E-state index contributed by atoms with van der Waals surface area (Å²) in [5.74, 6) is 0. The van der Waals surface area contributed by atoms with Crippen LogP contribution in [0.25, 0.3) is 0 Å². The summed E-state index contributed by atoms with van der Waals surface area (Å²) in [6, 6.07) is 0. The Balaban J connectivity index is 3.73. The maximum atomic E-state index is 12.8. The van der Waals surface area contributed by atoms with E-state index in [1.54, 1.807) is 0 Å². The number of rotatable bonds is 2. The van der Waals surface area contributed by atoms with Crippen molar-refractivity contribution in [3.63, 3.8) is 0 Å². The number of aliphatic hydroxyl groups is 2. The molecule has 1 heterocycles. The molecule has 0 bridgehead atoms. The van der Waals surface area contributed by atoms with Crippen LogP contribution in [0.15, 0.2) is 18.8 Å². The highest BCUT2D eigenvalue weighted by Crippen LogP contribution is 2.55. The highest BCUT2D eigenvalue weighted by Gasteiger charge is 2.74. The van der Waals surface area contributed by atoms with Crippen LogP contribution in [0.5, 0.6) is 0 Å². The average Bonchev–Trinajstić information content (AvgIpc) is 2.40. The van der Waals surface area contributed by atoms with Gasteiger partial charge in [0.2, 0.25) is 0 Å². The van der Waals surface area contributed by atoms with E-state index in [-0.39, 0.29) is 10.1 Å². The van der Waals surface area contributed by atoms with E-state index in [1.165, 1.54) is 0 Å². The lowest BCUT2D eigenvalue weighted by Gasteiger charge is -2.36.